The topological polar surface area (TPSA) is 81.7 Å². The third kappa shape index (κ3) is 3.85. The summed E-state index contributed by atoms with van der Waals surface area (Å²) in [5.74, 6) is -3.02. The summed E-state index contributed by atoms with van der Waals surface area (Å²) < 4.78 is 14.4. The molecule has 0 aromatic heterocycles. The van der Waals surface area contributed by atoms with Gasteiger partial charge >= 0.3 is 11.9 Å². The Morgan fingerprint density at radius 3 is 2.53 bits per heavy atom. The van der Waals surface area contributed by atoms with E-state index in [1.54, 1.807) is 0 Å². The van der Waals surface area contributed by atoms with E-state index in [1.807, 2.05) is 0 Å². The zero-order valence-electron chi connectivity index (χ0n) is 8.65. The van der Waals surface area contributed by atoms with Crippen LogP contribution in [0.5, 0.6) is 0 Å². The van der Waals surface area contributed by atoms with E-state index < -0.39 is 24.0 Å². The number of esters is 2. The highest BCUT2D eigenvalue weighted by Gasteiger charge is 2.41. The van der Waals surface area contributed by atoms with Gasteiger partial charge in [0.25, 0.3) is 5.79 Å². The second-order valence-corrected chi connectivity index (χ2v) is 3.37. The highest BCUT2D eigenvalue weighted by Crippen LogP contribution is 2.27. The van der Waals surface area contributed by atoms with E-state index in [-0.39, 0.29) is 19.4 Å². The molecular formula is C9H13O6. The van der Waals surface area contributed by atoms with Gasteiger partial charge in [0.2, 0.25) is 6.29 Å². The third-order valence-electron chi connectivity index (χ3n) is 1.89. The van der Waals surface area contributed by atoms with Gasteiger partial charge in [-0.05, 0) is 0 Å². The van der Waals surface area contributed by atoms with Gasteiger partial charge in [-0.25, -0.2) is 0 Å². The molecule has 0 amide bonds. The molecule has 0 aliphatic carbocycles. The zero-order chi connectivity index (χ0) is 11.5. The fraction of sp³-hybridized carbons (Fsp3) is 0.778. The van der Waals surface area contributed by atoms with Gasteiger partial charge in [0.05, 0.1) is 13.0 Å². The number of carbonyl (C=O) groups is 2. The second-order valence-electron chi connectivity index (χ2n) is 3.37. The van der Waals surface area contributed by atoms with Crippen LogP contribution >= 0.6 is 0 Å². The molecule has 0 aromatic carbocycles. The van der Waals surface area contributed by atoms with Gasteiger partial charge in [-0.3, -0.25) is 9.59 Å². The summed E-state index contributed by atoms with van der Waals surface area (Å²) in [5, 5.41) is 11.8. The van der Waals surface area contributed by atoms with Gasteiger partial charge in [0.15, 0.2) is 0 Å². The molecule has 0 saturated carbocycles. The first-order valence-corrected chi connectivity index (χ1v) is 4.60. The first-order valence-electron chi connectivity index (χ1n) is 4.60. The van der Waals surface area contributed by atoms with Crippen molar-refractivity contribution in [2.45, 2.75) is 38.8 Å². The van der Waals surface area contributed by atoms with Crippen molar-refractivity contribution in [3.8, 4) is 0 Å². The van der Waals surface area contributed by atoms with Crippen LogP contribution in [0.1, 0.15) is 26.7 Å². The Bertz CT molecular complexity index is 263. The largest absolute Gasteiger partial charge is 0.436 e. The maximum atomic E-state index is 11.8. The first-order chi connectivity index (χ1) is 6.91. The van der Waals surface area contributed by atoms with Crippen molar-refractivity contribution in [2.75, 3.05) is 6.61 Å². The van der Waals surface area contributed by atoms with Crippen LogP contribution in [0.3, 0.4) is 0 Å². The molecule has 1 saturated heterocycles. The minimum absolute atomic E-state index is 0.0599. The fourth-order valence-electron chi connectivity index (χ4n) is 1.38. The number of carbonyl (C=O) groups excluding carboxylic acids is 2. The fourth-order valence-corrected chi connectivity index (χ4v) is 1.38. The molecule has 0 N–H and O–H groups in total. The van der Waals surface area contributed by atoms with Gasteiger partial charge in [-0.2, -0.15) is 5.11 Å². The molecule has 2 atom stereocenters. The Balaban J connectivity index is 2.54. The Labute approximate surface area is 87.1 Å². The Morgan fingerprint density at radius 2 is 2.00 bits per heavy atom. The monoisotopic (exact) mass is 217 g/mol. The lowest BCUT2D eigenvalue weighted by molar-refractivity contribution is -0.297. The van der Waals surface area contributed by atoms with Crippen LogP contribution in [0.2, 0.25) is 0 Å². The Hall–Kier alpha value is -1.14. The molecule has 0 bridgehead atoms. The number of hydrogen-bond donors (Lipinski definition) is 0. The molecule has 1 rings (SSSR count). The molecular weight excluding hydrogens is 204 g/mol. The van der Waals surface area contributed by atoms with Crippen molar-refractivity contribution in [3.05, 3.63) is 0 Å². The SMILES string of the molecule is CC(=O)OC1CC([O])(OC(C)=O)CCO1. The average Bonchev–Trinajstić information content (AvgIpc) is 1.99. The molecule has 0 aromatic rings. The molecule has 85 valence electrons. The first kappa shape index (κ1) is 11.9. The number of ether oxygens (including phenoxy) is 3. The van der Waals surface area contributed by atoms with E-state index in [4.69, 9.17) is 9.47 Å². The summed E-state index contributed by atoms with van der Waals surface area (Å²) in [6, 6.07) is 0. The van der Waals surface area contributed by atoms with Crippen molar-refractivity contribution < 1.29 is 28.9 Å². The molecule has 1 aliphatic heterocycles. The van der Waals surface area contributed by atoms with Crippen molar-refractivity contribution in [3.63, 3.8) is 0 Å². The van der Waals surface area contributed by atoms with Gasteiger partial charge in [-0.1, -0.05) is 0 Å². The lowest BCUT2D eigenvalue weighted by Crippen LogP contribution is -2.44. The molecule has 1 radical (unpaired) electrons. The van der Waals surface area contributed by atoms with Crippen LogP contribution < -0.4 is 0 Å². The Morgan fingerprint density at radius 1 is 1.33 bits per heavy atom. The van der Waals surface area contributed by atoms with E-state index >= 15 is 0 Å². The van der Waals surface area contributed by atoms with Crippen molar-refractivity contribution in [2.24, 2.45) is 0 Å². The predicted octanol–water partition coefficient (Wildman–Crippen LogP) is 0.376. The standard InChI is InChI=1S/C9H13O6/c1-6(10)14-8-5-9(12,3-4-13-8)15-7(2)11/h8H,3-5H2,1-2H3. The highest BCUT2D eigenvalue weighted by molar-refractivity contribution is 5.66. The van der Waals surface area contributed by atoms with Crippen LogP contribution in [-0.4, -0.2) is 30.6 Å². The molecule has 15 heavy (non-hydrogen) atoms. The zero-order valence-corrected chi connectivity index (χ0v) is 8.65. The van der Waals surface area contributed by atoms with Crippen LogP contribution in [0.15, 0.2) is 0 Å². The van der Waals surface area contributed by atoms with Crippen LogP contribution in [0, 0.1) is 0 Å². The van der Waals surface area contributed by atoms with Crippen LogP contribution in [0.25, 0.3) is 0 Å². The number of hydrogen-bond acceptors (Lipinski definition) is 5. The molecule has 6 nitrogen and oxygen atoms in total. The van der Waals surface area contributed by atoms with Gasteiger partial charge in [0.1, 0.15) is 0 Å². The lowest BCUT2D eigenvalue weighted by Gasteiger charge is -2.33. The smallest absolute Gasteiger partial charge is 0.305 e. The minimum atomic E-state index is -1.84. The summed E-state index contributed by atoms with van der Waals surface area (Å²) in [7, 11) is 0. The van der Waals surface area contributed by atoms with E-state index in [2.05, 4.69) is 4.74 Å². The van der Waals surface area contributed by atoms with Crippen molar-refractivity contribution >= 4 is 11.9 Å². The summed E-state index contributed by atoms with van der Waals surface area (Å²) in [5.41, 5.74) is 0. The van der Waals surface area contributed by atoms with Crippen molar-refractivity contribution in [1.29, 1.82) is 0 Å². The predicted molar refractivity (Wildman–Crippen MR) is 45.9 cm³/mol. The third-order valence-corrected chi connectivity index (χ3v) is 1.89. The maximum Gasteiger partial charge on any atom is 0.305 e. The van der Waals surface area contributed by atoms with Crippen LogP contribution in [0.4, 0.5) is 0 Å². The summed E-state index contributed by atoms with van der Waals surface area (Å²) >= 11 is 0. The molecule has 1 aliphatic rings. The van der Waals surface area contributed by atoms with Gasteiger partial charge < -0.3 is 14.2 Å². The van der Waals surface area contributed by atoms with Crippen molar-refractivity contribution in [1.82, 2.24) is 0 Å². The van der Waals surface area contributed by atoms with Crippen LogP contribution in [-0.2, 0) is 28.9 Å². The normalized spacial score (nSPS) is 30.7. The van der Waals surface area contributed by atoms with Gasteiger partial charge in [0, 0.05) is 20.3 Å². The summed E-state index contributed by atoms with van der Waals surface area (Å²) in [6.07, 6.45) is -1.04. The minimum Gasteiger partial charge on any atom is -0.436 e. The molecule has 1 fully saturated rings. The molecule has 1 heterocycles. The molecule has 0 spiro atoms. The summed E-state index contributed by atoms with van der Waals surface area (Å²) in [4.78, 5) is 21.3. The average molecular weight is 217 g/mol. The van der Waals surface area contributed by atoms with E-state index in [1.165, 1.54) is 6.92 Å². The lowest BCUT2D eigenvalue weighted by atomic mass is 10.1. The summed E-state index contributed by atoms with van der Waals surface area (Å²) in [6.45, 7) is 2.49. The maximum absolute atomic E-state index is 11.8. The number of rotatable bonds is 2. The highest BCUT2D eigenvalue weighted by atomic mass is 16.7. The second kappa shape index (κ2) is 4.59. The van der Waals surface area contributed by atoms with E-state index in [9.17, 15) is 14.7 Å². The quantitative estimate of drug-likeness (QED) is 0.493. The molecule has 2 unspecified atom stereocenters. The molecule has 6 heteroatoms. The van der Waals surface area contributed by atoms with E-state index in [0.717, 1.165) is 6.92 Å². The van der Waals surface area contributed by atoms with E-state index in [0.29, 0.717) is 0 Å². The Kier molecular flexibility index (Phi) is 3.65. The van der Waals surface area contributed by atoms with Gasteiger partial charge in [-0.15, -0.1) is 0 Å².